The van der Waals surface area contributed by atoms with E-state index < -0.39 is 0 Å². The molecule has 0 unspecified atom stereocenters. The highest BCUT2D eigenvalue weighted by atomic mass is 16.5. The molecule has 0 N–H and O–H groups in total. The highest BCUT2D eigenvalue weighted by molar-refractivity contribution is 4.92. The van der Waals surface area contributed by atoms with Crippen molar-refractivity contribution in [3.8, 4) is 6.07 Å². The summed E-state index contributed by atoms with van der Waals surface area (Å²) in [4.78, 5) is 0. The maximum Gasteiger partial charge on any atom is 0.0624 e. The molecule has 66 valence electrons. The van der Waals surface area contributed by atoms with Gasteiger partial charge in [0.2, 0.25) is 0 Å². The molecular formula is C10H15NO. The molecule has 0 aromatic rings. The summed E-state index contributed by atoms with van der Waals surface area (Å²) in [5, 5.41) is 8.55. The summed E-state index contributed by atoms with van der Waals surface area (Å²) in [5.74, 6) is 0.682. The number of nitrogens with zero attached hydrogens (tertiary/aromatic N) is 1. The van der Waals surface area contributed by atoms with Crippen LogP contribution in [0.25, 0.3) is 0 Å². The van der Waals surface area contributed by atoms with Crippen LogP contribution in [0.2, 0.25) is 0 Å². The first-order valence-corrected chi connectivity index (χ1v) is 4.79. The van der Waals surface area contributed by atoms with Gasteiger partial charge in [-0.15, -0.1) is 0 Å². The van der Waals surface area contributed by atoms with Crippen LogP contribution < -0.4 is 0 Å². The average molecular weight is 165 g/mol. The quantitative estimate of drug-likeness (QED) is 0.596. The smallest absolute Gasteiger partial charge is 0.0624 e. The fourth-order valence-electron chi connectivity index (χ4n) is 2.30. The molecule has 0 aromatic carbocycles. The largest absolute Gasteiger partial charge is 0.380 e. The van der Waals surface area contributed by atoms with E-state index in [-0.39, 0.29) is 0 Å². The van der Waals surface area contributed by atoms with Crippen molar-refractivity contribution >= 4 is 0 Å². The molecule has 12 heavy (non-hydrogen) atoms. The van der Waals surface area contributed by atoms with Gasteiger partial charge < -0.3 is 4.74 Å². The van der Waals surface area contributed by atoms with Gasteiger partial charge in [0.05, 0.1) is 19.3 Å². The van der Waals surface area contributed by atoms with Crippen LogP contribution in [0, 0.1) is 22.7 Å². The molecule has 1 saturated carbocycles. The number of rotatable bonds is 1. The Kier molecular flexibility index (Phi) is 2.06. The Labute approximate surface area is 73.5 Å². The standard InChI is InChI=1S/C10H15NO/c11-6-3-9-1-4-10(5-2-9)7-12-8-10/h9H,1-5,7-8H2. The zero-order chi connectivity index (χ0) is 8.44. The SMILES string of the molecule is N#CCC1CCC2(CC1)COC2. The Morgan fingerprint density at radius 1 is 1.33 bits per heavy atom. The van der Waals surface area contributed by atoms with E-state index in [4.69, 9.17) is 10.00 Å². The molecule has 1 aliphatic carbocycles. The van der Waals surface area contributed by atoms with Gasteiger partial charge in [0.25, 0.3) is 0 Å². The topological polar surface area (TPSA) is 33.0 Å². The van der Waals surface area contributed by atoms with E-state index in [1.165, 1.54) is 25.7 Å². The normalized spacial score (nSPS) is 27.9. The zero-order valence-electron chi connectivity index (χ0n) is 7.38. The maximum absolute atomic E-state index is 8.55. The van der Waals surface area contributed by atoms with Gasteiger partial charge in [-0.05, 0) is 31.6 Å². The fourth-order valence-corrected chi connectivity index (χ4v) is 2.30. The number of ether oxygens (including phenoxy) is 1. The number of hydrogen-bond acceptors (Lipinski definition) is 2. The van der Waals surface area contributed by atoms with Crippen LogP contribution in [0.15, 0.2) is 0 Å². The maximum atomic E-state index is 8.55. The first kappa shape index (κ1) is 8.07. The van der Waals surface area contributed by atoms with E-state index >= 15 is 0 Å². The van der Waals surface area contributed by atoms with E-state index in [1.54, 1.807) is 0 Å². The van der Waals surface area contributed by atoms with Crippen molar-refractivity contribution in [3.05, 3.63) is 0 Å². The second-order valence-electron chi connectivity index (χ2n) is 4.30. The van der Waals surface area contributed by atoms with Crippen LogP contribution in [0.1, 0.15) is 32.1 Å². The van der Waals surface area contributed by atoms with Crippen molar-refractivity contribution in [2.45, 2.75) is 32.1 Å². The van der Waals surface area contributed by atoms with Crippen LogP contribution in [0.3, 0.4) is 0 Å². The van der Waals surface area contributed by atoms with Gasteiger partial charge in [0.1, 0.15) is 0 Å². The van der Waals surface area contributed by atoms with Gasteiger partial charge in [-0.2, -0.15) is 5.26 Å². The van der Waals surface area contributed by atoms with Crippen LogP contribution >= 0.6 is 0 Å². The molecular weight excluding hydrogens is 150 g/mol. The summed E-state index contributed by atoms with van der Waals surface area (Å²) in [7, 11) is 0. The van der Waals surface area contributed by atoms with Gasteiger partial charge in [0.15, 0.2) is 0 Å². The molecule has 0 bridgehead atoms. The molecule has 0 amide bonds. The monoisotopic (exact) mass is 165 g/mol. The van der Waals surface area contributed by atoms with Crippen molar-refractivity contribution in [1.29, 1.82) is 5.26 Å². The molecule has 2 heteroatoms. The molecule has 1 saturated heterocycles. The molecule has 1 spiro atoms. The lowest BCUT2D eigenvalue weighted by molar-refractivity contribution is -0.136. The Balaban J connectivity index is 1.81. The summed E-state index contributed by atoms with van der Waals surface area (Å²) in [6.07, 6.45) is 5.84. The predicted octanol–water partition coefficient (Wildman–Crippen LogP) is 2.11. The second kappa shape index (κ2) is 3.06. The first-order valence-electron chi connectivity index (χ1n) is 4.79. The van der Waals surface area contributed by atoms with Gasteiger partial charge in [-0.3, -0.25) is 0 Å². The Morgan fingerprint density at radius 2 is 2.00 bits per heavy atom. The minimum Gasteiger partial charge on any atom is -0.380 e. The van der Waals surface area contributed by atoms with Crippen molar-refractivity contribution in [2.75, 3.05) is 13.2 Å². The summed E-state index contributed by atoms with van der Waals surface area (Å²) < 4.78 is 5.25. The molecule has 2 fully saturated rings. The Hall–Kier alpha value is -0.550. The Bertz CT molecular complexity index is 192. The summed E-state index contributed by atoms with van der Waals surface area (Å²) >= 11 is 0. The average Bonchev–Trinajstić information content (AvgIpc) is 2.04. The first-order chi connectivity index (χ1) is 5.85. The molecule has 2 aliphatic rings. The molecule has 0 atom stereocenters. The highest BCUT2D eigenvalue weighted by Gasteiger charge is 2.41. The molecule has 1 heterocycles. The lowest BCUT2D eigenvalue weighted by Crippen LogP contribution is -2.45. The van der Waals surface area contributed by atoms with Crippen molar-refractivity contribution in [3.63, 3.8) is 0 Å². The van der Waals surface area contributed by atoms with Crippen LogP contribution in [-0.2, 0) is 4.74 Å². The zero-order valence-corrected chi connectivity index (χ0v) is 7.38. The number of hydrogen-bond donors (Lipinski definition) is 0. The van der Waals surface area contributed by atoms with Crippen LogP contribution in [0.5, 0.6) is 0 Å². The third-order valence-electron chi connectivity index (χ3n) is 3.36. The van der Waals surface area contributed by atoms with Crippen LogP contribution in [-0.4, -0.2) is 13.2 Å². The highest BCUT2D eigenvalue weighted by Crippen LogP contribution is 2.44. The molecule has 1 aliphatic heterocycles. The van der Waals surface area contributed by atoms with Crippen molar-refractivity contribution in [2.24, 2.45) is 11.3 Å². The predicted molar refractivity (Wildman–Crippen MR) is 45.4 cm³/mol. The van der Waals surface area contributed by atoms with E-state index in [1.807, 2.05) is 0 Å². The van der Waals surface area contributed by atoms with Gasteiger partial charge >= 0.3 is 0 Å². The van der Waals surface area contributed by atoms with E-state index in [0.29, 0.717) is 11.3 Å². The molecule has 2 rings (SSSR count). The molecule has 0 aromatic heterocycles. The van der Waals surface area contributed by atoms with Crippen molar-refractivity contribution in [1.82, 2.24) is 0 Å². The summed E-state index contributed by atoms with van der Waals surface area (Å²) in [5.41, 5.74) is 0.548. The summed E-state index contributed by atoms with van der Waals surface area (Å²) in [6, 6.07) is 2.27. The van der Waals surface area contributed by atoms with E-state index in [9.17, 15) is 0 Å². The third kappa shape index (κ3) is 1.34. The lowest BCUT2D eigenvalue weighted by Gasteiger charge is -2.46. The molecule has 2 nitrogen and oxygen atoms in total. The number of nitriles is 1. The Morgan fingerprint density at radius 3 is 2.42 bits per heavy atom. The second-order valence-corrected chi connectivity index (χ2v) is 4.30. The molecule has 0 radical (unpaired) electrons. The van der Waals surface area contributed by atoms with Gasteiger partial charge in [-0.1, -0.05) is 0 Å². The minimum absolute atomic E-state index is 0.548. The summed E-state index contributed by atoms with van der Waals surface area (Å²) in [6.45, 7) is 1.96. The fraction of sp³-hybridized carbons (Fsp3) is 0.900. The van der Waals surface area contributed by atoms with Gasteiger partial charge in [0, 0.05) is 11.8 Å². The third-order valence-corrected chi connectivity index (χ3v) is 3.36. The van der Waals surface area contributed by atoms with Crippen LogP contribution in [0.4, 0.5) is 0 Å². The van der Waals surface area contributed by atoms with E-state index in [0.717, 1.165) is 19.6 Å². The van der Waals surface area contributed by atoms with Crippen molar-refractivity contribution < 1.29 is 4.74 Å². The van der Waals surface area contributed by atoms with E-state index in [2.05, 4.69) is 6.07 Å². The lowest BCUT2D eigenvalue weighted by atomic mass is 9.69. The minimum atomic E-state index is 0.548. The van der Waals surface area contributed by atoms with Gasteiger partial charge in [-0.25, -0.2) is 0 Å².